The highest BCUT2D eigenvalue weighted by Crippen LogP contribution is 2.19. The van der Waals surface area contributed by atoms with Gasteiger partial charge in [0.15, 0.2) is 0 Å². The van der Waals surface area contributed by atoms with Crippen molar-refractivity contribution in [2.45, 2.75) is 20.4 Å². The molecule has 118 valence electrons. The standard InChI is InChI=1S/C16H16N4O3/c1-9-7-11-5-3-4-6-12(11)20(9)8-13(21)18-14-10(2)17-16(23)19-15(14)22/h3-7H,8H2,1-2H3,(H,18,21)(H2,17,19,22,23). The Balaban J connectivity index is 1.89. The van der Waals surface area contributed by atoms with Gasteiger partial charge in [-0.25, -0.2) is 4.79 Å². The third-order valence-electron chi connectivity index (χ3n) is 3.71. The van der Waals surface area contributed by atoms with Crippen molar-refractivity contribution in [3.8, 4) is 0 Å². The molecule has 0 fully saturated rings. The quantitative estimate of drug-likeness (QED) is 0.679. The van der Waals surface area contributed by atoms with Gasteiger partial charge in [-0.15, -0.1) is 0 Å². The normalized spacial score (nSPS) is 10.9. The summed E-state index contributed by atoms with van der Waals surface area (Å²) in [5.41, 5.74) is 1.07. The van der Waals surface area contributed by atoms with Crippen molar-refractivity contribution in [1.82, 2.24) is 14.5 Å². The molecule has 0 spiro atoms. The molecule has 3 N–H and O–H groups in total. The molecule has 7 nitrogen and oxygen atoms in total. The summed E-state index contributed by atoms with van der Waals surface area (Å²) in [5.74, 6) is -0.338. The van der Waals surface area contributed by atoms with Crippen molar-refractivity contribution >= 4 is 22.5 Å². The van der Waals surface area contributed by atoms with Crippen LogP contribution in [0.25, 0.3) is 10.9 Å². The lowest BCUT2D eigenvalue weighted by atomic mass is 10.2. The van der Waals surface area contributed by atoms with E-state index < -0.39 is 11.2 Å². The summed E-state index contributed by atoms with van der Waals surface area (Å²) in [6, 6.07) is 9.77. The summed E-state index contributed by atoms with van der Waals surface area (Å²) >= 11 is 0. The van der Waals surface area contributed by atoms with Crippen LogP contribution in [0.4, 0.5) is 5.69 Å². The minimum atomic E-state index is -0.617. The van der Waals surface area contributed by atoms with E-state index >= 15 is 0 Å². The maximum atomic E-state index is 12.3. The van der Waals surface area contributed by atoms with Gasteiger partial charge in [0.1, 0.15) is 12.2 Å². The lowest BCUT2D eigenvalue weighted by Crippen LogP contribution is -2.30. The number of amides is 1. The van der Waals surface area contributed by atoms with Gasteiger partial charge >= 0.3 is 5.69 Å². The van der Waals surface area contributed by atoms with Gasteiger partial charge in [-0.2, -0.15) is 0 Å². The van der Waals surface area contributed by atoms with E-state index in [2.05, 4.69) is 15.3 Å². The fourth-order valence-electron chi connectivity index (χ4n) is 2.63. The van der Waals surface area contributed by atoms with Crippen LogP contribution >= 0.6 is 0 Å². The minimum Gasteiger partial charge on any atom is -0.335 e. The minimum absolute atomic E-state index is 0.0590. The maximum absolute atomic E-state index is 12.3. The summed E-state index contributed by atoms with van der Waals surface area (Å²) in [5, 5.41) is 3.61. The Morgan fingerprint density at radius 3 is 2.65 bits per heavy atom. The van der Waals surface area contributed by atoms with Crippen molar-refractivity contribution in [1.29, 1.82) is 0 Å². The van der Waals surface area contributed by atoms with Crippen molar-refractivity contribution in [2.75, 3.05) is 5.32 Å². The number of carbonyl (C=O) groups is 1. The van der Waals surface area contributed by atoms with Crippen LogP contribution in [0.1, 0.15) is 11.4 Å². The monoisotopic (exact) mass is 312 g/mol. The van der Waals surface area contributed by atoms with Gasteiger partial charge < -0.3 is 14.9 Å². The molecular weight excluding hydrogens is 296 g/mol. The fraction of sp³-hybridized carbons (Fsp3) is 0.188. The maximum Gasteiger partial charge on any atom is 0.326 e. The van der Waals surface area contributed by atoms with Gasteiger partial charge in [0.2, 0.25) is 5.91 Å². The summed E-state index contributed by atoms with van der Waals surface area (Å²) in [6.07, 6.45) is 0. The zero-order chi connectivity index (χ0) is 16.6. The Morgan fingerprint density at radius 1 is 1.17 bits per heavy atom. The number of carbonyl (C=O) groups excluding carboxylic acids is 1. The average Bonchev–Trinajstić information content (AvgIpc) is 2.79. The highest BCUT2D eigenvalue weighted by molar-refractivity contribution is 5.92. The lowest BCUT2D eigenvalue weighted by molar-refractivity contribution is -0.116. The van der Waals surface area contributed by atoms with Crippen molar-refractivity contribution < 1.29 is 4.79 Å². The van der Waals surface area contributed by atoms with E-state index in [-0.39, 0.29) is 18.1 Å². The molecule has 0 unspecified atom stereocenters. The van der Waals surface area contributed by atoms with Crippen LogP contribution in [0.3, 0.4) is 0 Å². The van der Waals surface area contributed by atoms with E-state index in [1.165, 1.54) is 0 Å². The van der Waals surface area contributed by atoms with Gasteiger partial charge in [0.05, 0.1) is 0 Å². The number of aromatic nitrogens is 3. The molecule has 2 heterocycles. The fourth-order valence-corrected chi connectivity index (χ4v) is 2.63. The Hall–Kier alpha value is -3.09. The van der Waals surface area contributed by atoms with E-state index in [1.54, 1.807) is 6.92 Å². The van der Waals surface area contributed by atoms with Crippen LogP contribution in [0.2, 0.25) is 0 Å². The predicted octanol–water partition coefficient (Wildman–Crippen LogP) is 1.27. The first-order valence-corrected chi connectivity index (χ1v) is 7.13. The second-order valence-electron chi connectivity index (χ2n) is 5.39. The number of aryl methyl sites for hydroxylation is 2. The number of fused-ring (bicyclic) bond motifs is 1. The van der Waals surface area contributed by atoms with Crippen LogP contribution in [0, 0.1) is 13.8 Å². The van der Waals surface area contributed by atoms with Crippen LogP contribution in [0.5, 0.6) is 0 Å². The molecule has 0 atom stereocenters. The number of hydrogen-bond donors (Lipinski definition) is 3. The van der Waals surface area contributed by atoms with E-state index in [4.69, 9.17) is 0 Å². The molecule has 0 aliphatic heterocycles. The molecular formula is C16H16N4O3. The van der Waals surface area contributed by atoms with Gasteiger partial charge in [-0.3, -0.25) is 14.6 Å². The van der Waals surface area contributed by atoms with Crippen molar-refractivity contribution in [3.05, 3.63) is 62.6 Å². The first-order chi connectivity index (χ1) is 11.0. The van der Waals surface area contributed by atoms with Crippen molar-refractivity contribution in [3.63, 3.8) is 0 Å². The number of anilines is 1. The van der Waals surface area contributed by atoms with Crippen LogP contribution in [0.15, 0.2) is 39.9 Å². The molecule has 0 bridgehead atoms. The smallest absolute Gasteiger partial charge is 0.326 e. The number of hydrogen-bond acceptors (Lipinski definition) is 3. The molecule has 23 heavy (non-hydrogen) atoms. The van der Waals surface area contributed by atoms with Crippen LogP contribution < -0.4 is 16.6 Å². The van der Waals surface area contributed by atoms with Crippen LogP contribution in [-0.4, -0.2) is 20.4 Å². The van der Waals surface area contributed by atoms with Crippen molar-refractivity contribution in [2.24, 2.45) is 0 Å². The van der Waals surface area contributed by atoms with E-state index in [0.717, 1.165) is 16.6 Å². The molecule has 1 amide bonds. The molecule has 0 radical (unpaired) electrons. The molecule has 0 saturated carbocycles. The first kappa shape index (κ1) is 14.8. The number of nitrogens with zero attached hydrogens (tertiary/aromatic N) is 1. The summed E-state index contributed by atoms with van der Waals surface area (Å²) < 4.78 is 1.87. The third kappa shape index (κ3) is 2.80. The van der Waals surface area contributed by atoms with Gasteiger partial charge in [-0.1, -0.05) is 18.2 Å². The molecule has 1 aromatic carbocycles. The van der Waals surface area contributed by atoms with E-state index in [1.807, 2.05) is 41.8 Å². The second kappa shape index (κ2) is 5.60. The molecule has 0 aliphatic carbocycles. The molecule has 0 saturated heterocycles. The Morgan fingerprint density at radius 2 is 1.91 bits per heavy atom. The topological polar surface area (TPSA) is 99.8 Å². The molecule has 3 rings (SSSR count). The number of benzene rings is 1. The van der Waals surface area contributed by atoms with Gasteiger partial charge in [0, 0.05) is 16.9 Å². The molecule has 2 aromatic heterocycles. The Bertz CT molecular complexity index is 1010. The number of nitrogens with one attached hydrogen (secondary N) is 3. The predicted molar refractivity (Wildman–Crippen MR) is 87.7 cm³/mol. The number of aromatic amines is 2. The summed E-state index contributed by atoms with van der Waals surface area (Å²) in [7, 11) is 0. The lowest BCUT2D eigenvalue weighted by Gasteiger charge is -2.10. The zero-order valence-corrected chi connectivity index (χ0v) is 12.8. The van der Waals surface area contributed by atoms with Gasteiger partial charge in [-0.05, 0) is 31.4 Å². The van der Waals surface area contributed by atoms with Gasteiger partial charge in [0.25, 0.3) is 5.56 Å². The molecule has 3 aromatic rings. The highest BCUT2D eigenvalue weighted by Gasteiger charge is 2.13. The highest BCUT2D eigenvalue weighted by atomic mass is 16.2. The Labute approximate surface area is 131 Å². The SMILES string of the molecule is Cc1[nH]c(=O)[nH]c(=O)c1NC(=O)Cn1c(C)cc2ccccc21. The summed E-state index contributed by atoms with van der Waals surface area (Å²) in [6.45, 7) is 3.56. The zero-order valence-electron chi connectivity index (χ0n) is 12.8. The average molecular weight is 312 g/mol. The Kier molecular flexibility index (Phi) is 3.61. The first-order valence-electron chi connectivity index (χ1n) is 7.13. The number of para-hydroxylation sites is 1. The number of rotatable bonds is 3. The molecule has 7 heteroatoms. The third-order valence-corrected chi connectivity index (χ3v) is 3.71. The van der Waals surface area contributed by atoms with E-state index in [9.17, 15) is 14.4 Å². The number of H-pyrrole nitrogens is 2. The van der Waals surface area contributed by atoms with E-state index in [0.29, 0.717) is 5.69 Å². The van der Waals surface area contributed by atoms with Crippen LogP contribution in [-0.2, 0) is 11.3 Å². The largest absolute Gasteiger partial charge is 0.335 e. The second-order valence-corrected chi connectivity index (χ2v) is 5.39. The molecule has 0 aliphatic rings. The summed E-state index contributed by atoms with van der Waals surface area (Å²) in [4.78, 5) is 39.8.